The highest BCUT2D eigenvalue weighted by molar-refractivity contribution is 9.10. The van der Waals surface area contributed by atoms with Gasteiger partial charge in [0, 0.05) is 29.3 Å². The molecule has 27 heavy (non-hydrogen) atoms. The number of anilines is 2. The molecule has 2 N–H and O–H groups in total. The lowest BCUT2D eigenvalue weighted by Crippen LogP contribution is -2.36. The quantitative estimate of drug-likeness (QED) is 0.673. The van der Waals surface area contributed by atoms with E-state index < -0.39 is 15.9 Å². The largest absolute Gasteiger partial charge is 0.326 e. The van der Waals surface area contributed by atoms with Crippen molar-refractivity contribution in [1.29, 1.82) is 0 Å². The molecule has 0 unspecified atom stereocenters. The number of carbonyl (C=O) groups excluding carboxylic acids is 2. The van der Waals surface area contributed by atoms with Crippen molar-refractivity contribution in [3.05, 3.63) is 58.6 Å². The van der Waals surface area contributed by atoms with Crippen molar-refractivity contribution < 1.29 is 18.0 Å². The highest BCUT2D eigenvalue weighted by Crippen LogP contribution is 2.15. The van der Waals surface area contributed by atoms with Crippen molar-refractivity contribution >= 4 is 49.1 Å². The van der Waals surface area contributed by atoms with E-state index in [2.05, 4.69) is 26.6 Å². The molecule has 0 heterocycles. The van der Waals surface area contributed by atoms with E-state index in [0.717, 1.165) is 20.6 Å². The summed E-state index contributed by atoms with van der Waals surface area (Å²) in [5.74, 6) is -0.645. The van der Waals surface area contributed by atoms with Crippen LogP contribution in [-0.2, 0) is 26.2 Å². The van der Waals surface area contributed by atoms with Crippen LogP contribution in [0.3, 0.4) is 0 Å². The molecule has 0 fully saturated rings. The molecule has 0 saturated heterocycles. The molecule has 0 aromatic heterocycles. The second-order valence-electron chi connectivity index (χ2n) is 5.96. The summed E-state index contributed by atoms with van der Waals surface area (Å²) in [6, 6.07) is 13.8. The Morgan fingerprint density at radius 1 is 0.963 bits per heavy atom. The number of rotatable bonds is 7. The first kappa shape index (κ1) is 21.1. The van der Waals surface area contributed by atoms with Gasteiger partial charge in [0.25, 0.3) is 0 Å². The van der Waals surface area contributed by atoms with Gasteiger partial charge < -0.3 is 10.6 Å². The minimum Gasteiger partial charge on any atom is -0.326 e. The minimum absolute atomic E-state index is 0.0982. The van der Waals surface area contributed by atoms with Crippen molar-refractivity contribution in [2.75, 3.05) is 23.4 Å². The van der Waals surface area contributed by atoms with Gasteiger partial charge in [0.15, 0.2) is 0 Å². The molecule has 7 nitrogen and oxygen atoms in total. The predicted molar refractivity (Wildman–Crippen MR) is 109 cm³/mol. The highest BCUT2D eigenvalue weighted by Gasteiger charge is 2.20. The lowest BCUT2D eigenvalue weighted by atomic mass is 10.2. The average Bonchev–Trinajstić information content (AvgIpc) is 2.56. The van der Waals surface area contributed by atoms with Crippen LogP contribution < -0.4 is 10.6 Å². The zero-order valence-corrected chi connectivity index (χ0v) is 17.3. The number of hydrogen-bond donors (Lipinski definition) is 2. The molecule has 0 aliphatic heterocycles. The smallest absolute Gasteiger partial charge is 0.239 e. The monoisotopic (exact) mass is 453 g/mol. The van der Waals surface area contributed by atoms with Crippen LogP contribution in [-0.4, -0.2) is 37.3 Å². The molecule has 0 radical (unpaired) electrons. The fourth-order valence-electron chi connectivity index (χ4n) is 2.28. The molecular formula is C18H20BrN3O4S. The van der Waals surface area contributed by atoms with Crippen molar-refractivity contribution in [1.82, 2.24) is 4.31 Å². The zero-order valence-electron chi connectivity index (χ0n) is 14.9. The number of amides is 2. The van der Waals surface area contributed by atoms with Gasteiger partial charge in [0.1, 0.15) is 0 Å². The van der Waals surface area contributed by atoms with Gasteiger partial charge >= 0.3 is 0 Å². The standard InChI is InChI=1S/C18H20BrN3O4S/c1-13(23)20-16-7-9-17(10-8-16)21-18(24)12-22(27(2,25)26)11-14-3-5-15(19)6-4-14/h3-10H,11-12H2,1-2H3,(H,20,23)(H,21,24). The summed E-state index contributed by atoms with van der Waals surface area (Å²) in [4.78, 5) is 23.3. The first-order valence-electron chi connectivity index (χ1n) is 8.00. The average molecular weight is 454 g/mol. The number of nitrogens with zero attached hydrogens (tertiary/aromatic N) is 1. The lowest BCUT2D eigenvalue weighted by Gasteiger charge is -2.19. The highest BCUT2D eigenvalue weighted by atomic mass is 79.9. The van der Waals surface area contributed by atoms with Crippen molar-refractivity contribution in [2.45, 2.75) is 13.5 Å². The molecule has 0 saturated carbocycles. The summed E-state index contributed by atoms with van der Waals surface area (Å²) < 4.78 is 26.1. The second kappa shape index (κ2) is 9.12. The maximum atomic E-state index is 12.3. The Morgan fingerprint density at radius 3 is 1.96 bits per heavy atom. The molecule has 144 valence electrons. The number of nitrogens with one attached hydrogen (secondary N) is 2. The third-order valence-corrected chi connectivity index (χ3v) is 5.28. The number of benzene rings is 2. The maximum Gasteiger partial charge on any atom is 0.239 e. The molecule has 9 heteroatoms. The van der Waals surface area contributed by atoms with Crippen LogP contribution in [0.1, 0.15) is 12.5 Å². The van der Waals surface area contributed by atoms with E-state index in [1.54, 1.807) is 36.4 Å². The van der Waals surface area contributed by atoms with Crippen molar-refractivity contribution in [3.63, 3.8) is 0 Å². The van der Waals surface area contributed by atoms with Gasteiger partial charge in [-0.3, -0.25) is 9.59 Å². The zero-order chi connectivity index (χ0) is 20.0. The molecule has 2 amide bonds. The second-order valence-corrected chi connectivity index (χ2v) is 8.86. The van der Waals surface area contributed by atoms with Gasteiger partial charge in [0.2, 0.25) is 21.8 Å². The van der Waals surface area contributed by atoms with E-state index in [0.29, 0.717) is 11.4 Å². The molecule has 0 spiro atoms. The summed E-state index contributed by atoms with van der Waals surface area (Å²) in [5, 5.41) is 5.28. The summed E-state index contributed by atoms with van der Waals surface area (Å²) in [6.07, 6.45) is 1.07. The fraction of sp³-hybridized carbons (Fsp3) is 0.222. The fourth-order valence-corrected chi connectivity index (χ4v) is 3.28. The summed E-state index contributed by atoms with van der Waals surface area (Å²) in [7, 11) is -3.57. The third kappa shape index (κ3) is 7.12. The van der Waals surface area contributed by atoms with E-state index >= 15 is 0 Å². The number of hydrogen-bond acceptors (Lipinski definition) is 4. The Labute approximate surface area is 166 Å². The van der Waals surface area contributed by atoms with Crippen LogP contribution in [0.2, 0.25) is 0 Å². The maximum absolute atomic E-state index is 12.3. The van der Waals surface area contributed by atoms with Crippen LogP contribution in [0, 0.1) is 0 Å². The number of carbonyl (C=O) groups is 2. The Bertz CT molecular complexity index is 913. The van der Waals surface area contributed by atoms with Gasteiger partial charge in [-0.15, -0.1) is 0 Å². The molecule has 2 aromatic rings. The Kier molecular flexibility index (Phi) is 7.11. The summed E-state index contributed by atoms with van der Waals surface area (Å²) in [5.41, 5.74) is 1.88. The number of halogens is 1. The summed E-state index contributed by atoms with van der Waals surface area (Å²) in [6.45, 7) is 1.20. The topological polar surface area (TPSA) is 95.6 Å². The van der Waals surface area contributed by atoms with Crippen LogP contribution in [0.5, 0.6) is 0 Å². The van der Waals surface area contributed by atoms with Crippen LogP contribution in [0.4, 0.5) is 11.4 Å². The Balaban J connectivity index is 2.03. The van der Waals surface area contributed by atoms with Gasteiger partial charge in [-0.2, -0.15) is 4.31 Å². The van der Waals surface area contributed by atoms with Gasteiger partial charge in [-0.1, -0.05) is 28.1 Å². The van der Waals surface area contributed by atoms with E-state index in [1.165, 1.54) is 6.92 Å². The van der Waals surface area contributed by atoms with Crippen LogP contribution in [0.15, 0.2) is 53.0 Å². The van der Waals surface area contributed by atoms with Gasteiger partial charge in [-0.25, -0.2) is 8.42 Å². The van der Waals surface area contributed by atoms with E-state index in [-0.39, 0.29) is 19.0 Å². The number of sulfonamides is 1. The predicted octanol–water partition coefficient (Wildman–Crippen LogP) is 2.81. The Hall–Kier alpha value is -2.23. The van der Waals surface area contributed by atoms with Crippen LogP contribution in [0.25, 0.3) is 0 Å². The normalized spacial score (nSPS) is 11.3. The molecule has 2 aromatic carbocycles. The van der Waals surface area contributed by atoms with E-state index in [9.17, 15) is 18.0 Å². The van der Waals surface area contributed by atoms with Crippen LogP contribution >= 0.6 is 15.9 Å². The first-order valence-corrected chi connectivity index (χ1v) is 10.6. The molecule has 2 rings (SSSR count). The van der Waals surface area contributed by atoms with Gasteiger partial charge in [-0.05, 0) is 42.0 Å². The van der Waals surface area contributed by atoms with E-state index in [1.807, 2.05) is 12.1 Å². The molecule has 0 aliphatic carbocycles. The lowest BCUT2D eigenvalue weighted by molar-refractivity contribution is -0.116. The molecular weight excluding hydrogens is 434 g/mol. The molecule has 0 aliphatic rings. The molecule has 0 bridgehead atoms. The minimum atomic E-state index is -3.57. The Morgan fingerprint density at radius 2 is 1.48 bits per heavy atom. The van der Waals surface area contributed by atoms with Crippen molar-refractivity contribution in [3.8, 4) is 0 Å². The molecule has 0 atom stereocenters. The van der Waals surface area contributed by atoms with Crippen molar-refractivity contribution in [2.24, 2.45) is 0 Å². The first-order chi connectivity index (χ1) is 12.6. The van der Waals surface area contributed by atoms with Gasteiger partial charge in [0.05, 0.1) is 12.8 Å². The van der Waals surface area contributed by atoms with E-state index in [4.69, 9.17) is 0 Å². The third-order valence-electron chi connectivity index (χ3n) is 3.55. The SMILES string of the molecule is CC(=O)Nc1ccc(NC(=O)CN(Cc2ccc(Br)cc2)S(C)(=O)=O)cc1. The summed E-state index contributed by atoms with van der Waals surface area (Å²) >= 11 is 3.33.